The first kappa shape index (κ1) is 17.7. The molecule has 0 aliphatic carbocycles. The lowest BCUT2D eigenvalue weighted by Crippen LogP contribution is -2.46. The molecule has 0 aromatic heterocycles. The molecular weight excluding hydrogens is 314 g/mol. The van der Waals surface area contributed by atoms with Crippen LogP contribution in [0.1, 0.15) is 30.1 Å². The Morgan fingerprint density at radius 3 is 2.70 bits per heavy atom. The highest BCUT2D eigenvalue weighted by Gasteiger charge is 2.21. The Kier molecular flexibility index (Phi) is 5.92. The second-order valence-electron chi connectivity index (χ2n) is 5.71. The molecule has 1 saturated heterocycles. The number of piperidine rings is 1. The average Bonchev–Trinajstić information content (AvgIpc) is 2.53. The predicted octanol–water partition coefficient (Wildman–Crippen LogP) is 1.02. The summed E-state index contributed by atoms with van der Waals surface area (Å²) in [5.41, 5.74) is 0.457. The fourth-order valence-electron chi connectivity index (χ4n) is 2.57. The summed E-state index contributed by atoms with van der Waals surface area (Å²) in [7, 11) is -3.56. The second kappa shape index (κ2) is 7.72. The summed E-state index contributed by atoms with van der Waals surface area (Å²) in [6.45, 7) is 6.61. The molecule has 2 rings (SSSR count). The number of benzene rings is 1. The van der Waals surface area contributed by atoms with E-state index in [0.29, 0.717) is 11.6 Å². The number of sulfonamides is 1. The van der Waals surface area contributed by atoms with Crippen molar-refractivity contribution in [3.63, 3.8) is 0 Å². The van der Waals surface area contributed by atoms with E-state index in [1.165, 1.54) is 30.3 Å². The van der Waals surface area contributed by atoms with Gasteiger partial charge in [0.1, 0.15) is 0 Å². The molecule has 126 valence electrons. The molecule has 1 heterocycles. The molecule has 0 bridgehead atoms. The van der Waals surface area contributed by atoms with Crippen LogP contribution in [-0.2, 0) is 10.0 Å². The van der Waals surface area contributed by atoms with Crippen LogP contribution in [0.3, 0.4) is 0 Å². The molecule has 3 N–H and O–H groups in total. The van der Waals surface area contributed by atoms with Gasteiger partial charge in [-0.1, -0.05) is 6.08 Å². The van der Waals surface area contributed by atoms with Crippen LogP contribution >= 0.6 is 0 Å². The van der Waals surface area contributed by atoms with Gasteiger partial charge in [-0.15, -0.1) is 6.58 Å². The van der Waals surface area contributed by atoms with Gasteiger partial charge in [0.05, 0.1) is 4.90 Å². The van der Waals surface area contributed by atoms with E-state index in [4.69, 9.17) is 0 Å². The minimum absolute atomic E-state index is 0.131. The maximum absolute atomic E-state index is 12.2. The van der Waals surface area contributed by atoms with Gasteiger partial charge < -0.3 is 10.6 Å². The Hall–Kier alpha value is -1.70. The highest BCUT2D eigenvalue weighted by Crippen LogP contribution is 2.12. The number of rotatable bonds is 6. The van der Waals surface area contributed by atoms with Crippen LogP contribution in [0.2, 0.25) is 0 Å². The van der Waals surface area contributed by atoms with Crippen LogP contribution in [-0.4, -0.2) is 39.5 Å². The quantitative estimate of drug-likeness (QED) is 0.677. The van der Waals surface area contributed by atoms with Crippen LogP contribution < -0.4 is 15.4 Å². The van der Waals surface area contributed by atoms with E-state index >= 15 is 0 Å². The lowest BCUT2D eigenvalue weighted by molar-refractivity contribution is 0.0925. The summed E-state index contributed by atoms with van der Waals surface area (Å²) in [4.78, 5) is 12.4. The number of hydrogen-bond donors (Lipinski definition) is 3. The monoisotopic (exact) mass is 337 g/mol. The zero-order chi connectivity index (χ0) is 16.9. The molecular formula is C16H23N3O3S. The lowest BCUT2D eigenvalue weighted by atomic mass is 10.0. The molecule has 0 saturated carbocycles. The number of amides is 1. The van der Waals surface area contributed by atoms with E-state index in [9.17, 15) is 13.2 Å². The first-order valence-corrected chi connectivity index (χ1v) is 9.15. The molecule has 0 radical (unpaired) electrons. The average molecular weight is 337 g/mol. The van der Waals surface area contributed by atoms with Gasteiger partial charge in [0, 0.05) is 24.2 Å². The maximum Gasteiger partial charge on any atom is 0.251 e. The first-order valence-electron chi connectivity index (χ1n) is 7.67. The standard InChI is InChI=1S/C16H23N3O3S/c1-3-9-18-23(21,22)15-6-4-13(5-7-15)16(20)19-14-8-10-17-12(2)11-14/h3-7,12,14,17-18H,1,8-11H2,2H3,(H,19,20). The number of carbonyl (C=O) groups is 1. The molecule has 1 aromatic carbocycles. The SMILES string of the molecule is C=CCNS(=O)(=O)c1ccc(C(=O)NC2CCNC(C)C2)cc1. The van der Waals surface area contributed by atoms with E-state index in [2.05, 4.69) is 28.9 Å². The van der Waals surface area contributed by atoms with Crippen LogP contribution in [0.15, 0.2) is 41.8 Å². The highest BCUT2D eigenvalue weighted by molar-refractivity contribution is 7.89. The van der Waals surface area contributed by atoms with Gasteiger partial charge >= 0.3 is 0 Å². The predicted molar refractivity (Wildman–Crippen MR) is 89.8 cm³/mol. The Bertz CT molecular complexity index is 656. The molecule has 1 aromatic rings. The van der Waals surface area contributed by atoms with Crippen molar-refractivity contribution in [2.45, 2.75) is 36.7 Å². The number of hydrogen-bond acceptors (Lipinski definition) is 4. The minimum atomic E-state index is -3.56. The Morgan fingerprint density at radius 2 is 2.09 bits per heavy atom. The number of carbonyl (C=O) groups excluding carboxylic acids is 1. The van der Waals surface area contributed by atoms with Crippen molar-refractivity contribution in [3.05, 3.63) is 42.5 Å². The summed E-state index contributed by atoms with van der Waals surface area (Å²) in [5, 5.41) is 6.33. The third kappa shape index (κ3) is 4.89. The van der Waals surface area contributed by atoms with E-state index in [0.717, 1.165) is 19.4 Å². The van der Waals surface area contributed by atoms with Crippen molar-refractivity contribution >= 4 is 15.9 Å². The normalized spacial score (nSPS) is 21.6. The van der Waals surface area contributed by atoms with Crippen molar-refractivity contribution < 1.29 is 13.2 Å². The molecule has 1 fully saturated rings. The zero-order valence-electron chi connectivity index (χ0n) is 13.2. The van der Waals surface area contributed by atoms with Gasteiger partial charge in [-0.2, -0.15) is 0 Å². The van der Waals surface area contributed by atoms with E-state index < -0.39 is 10.0 Å². The Morgan fingerprint density at radius 1 is 1.39 bits per heavy atom. The Balaban J connectivity index is 2.01. The summed E-state index contributed by atoms with van der Waals surface area (Å²) >= 11 is 0. The van der Waals surface area contributed by atoms with Gasteiger partial charge in [-0.3, -0.25) is 4.79 Å². The van der Waals surface area contributed by atoms with Crippen LogP contribution in [0.25, 0.3) is 0 Å². The summed E-state index contributed by atoms with van der Waals surface area (Å²) in [6, 6.07) is 6.47. The molecule has 23 heavy (non-hydrogen) atoms. The van der Waals surface area contributed by atoms with E-state index in [1.807, 2.05) is 0 Å². The van der Waals surface area contributed by atoms with Gasteiger partial charge in [0.25, 0.3) is 5.91 Å². The molecule has 2 unspecified atom stereocenters. The third-order valence-corrected chi connectivity index (χ3v) is 5.24. The fraction of sp³-hybridized carbons (Fsp3) is 0.438. The lowest BCUT2D eigenvalue weighted by Gasteiger charge is -2.28. The van der Waals surface area contributed by atoms with Gasteiger partial charge in [0.2, 0.25) is 10.0 Å². The van der Waals surface area contributed by atoms with Crippen molar-refractivity contribution in [3.8, 4) is 0 Å². The smallest absolute Gasteiger partial charge is 0.251 e. The van der Waals surface area contributed by atoms with Crippen LogP contribution in [0.5, 0.6) is 0 Å². The third-order valence-electron chi connectivity index (χ3n) is 3.80. The summed E-state index contributed by atoms with van der Waals surface area (Å²) in [5.74, 6) is -0.174. The molecule has 2 atom stereocenters. The summed E-state index contributed by atoms with van der Waals surface area (Å²) < 4.78 is 26.3. The molecule has 7 heteroatoms. The molecule has 1 aliphatic rings. The Labute approximate surface area is 137 Å². The zero-order valence-corrected chi connectivity index (χ0v) is 14.0. The second-order valence-corrected chi connectivity index (χ2v) is 7.48. The first-order chi connectivity index (χ1) is 10.9. The van der Waals surface area contributed by atoms with Crippen molar-refractivity contribution in [2.75, 3.05) is 13.1 Å². The molecule has 1 amide bonds. The van der Waals surface area contributed by atoms with Gasteiger partial charge in [-0.05, 0) is 50.6 Å². The number of nitrogens with one attached hydrogen (secondary N) is 3. The van der Waals surface area contributed by atoms with Crippen molar-refractivity contribution in [2.24, 2.45) is 0 Å². The van der Waals surface area contributed by atoms with E-state index in [-0.39, 0.29) is 23.4 Å². The van der Waals surface area contributed by atoms with Crippen LogP contribution in [0.4, 0.5) is 0 Å². The topological polar surface area (TPSA) is 87.3 Å². The van der Waals surface area contributed by atoms with Gasteiger partial charge in [0.15, 0.2) is 0 Å². The molecule has 0 spiro atoms. The van der Waals surface area contributed by atoms with Crippen molar-refractivity contribution in [1.82, 2.24) is 15.4 Å². The fourth-order valence-corrected chi connectivity index (χ4v) is 3.57. The largest absolute Gasteiger partial charge is 0.349 e. The molecule has 6 nitrogen and oxygen atoms in total. The minimum Gasteiger partial charge on any atom is -0.349 e. The van der Waals surface area contributed by atoms with Crippen molar-refractivity contribution in [1.29, 1.82) is 0 Å². The summed E-state index contributed by atoms with van der Waals surface area (Å²) in [6.07, 6.45) is 3.26. The van der Waals surface area contributed by atoms with E-state index in [1.54, 1.807) is 0 Å². The van der Waals surface area contributed by atoms with Gasteiger partial charge in [-0.25, -0.2) is 13.1 Å². The maximum atomic E-state index is 12.2. The van der Waals surface area contributed by atoms with Crippen LogP contribution in [0, 0.1) is 0 Å². The molecule has 1 aliphatic heterocycles. The highest BCUT2D eigenvalue weighted by atomic mass is 32.2.